The number of nitrogens with one attached hydrogen (secondary N) is 1. The van der Waals surface area contributed by atoms with E-state index in [-0.39, 0.29) is 5.91 Å². The summed E-state index contributed by atoms with van der Waals surface area (Å²) in [6.45, 7) is 2.46. The zero-order chi connectivity index (χ0) is 14.4. The van der Waals surface area contributed by atoms with Crippen LogP contribution in [0.25, 0.3) is 0 Å². The predicted octanol–water partition coefficient (Wildman–Crippen LogP) is 0.0521. The van der Waals surface area contributed by atoms with Crippen molar-refractivity contribution >= 4 is 5.91 Å². The monoisotopic (exact) mass is 286 g/mol. The van der Waals surface area contributed by atoms with Crippen molar-refractivity contribution in [1.82, 2.24) is 5.32 Å². The van der Waals surface area contributed by atoms with Crippen molar-refractivity contribution in [3.05, 3.63) is 0 Å². The maximum atomic E-state index is 11.9. The van der Waals surface area contributed by atoms with Gasteiger partial charge in [-0.2, -0.15) is 0 Å². The van der Waals surface area contributed by atoms with Crippen LogP contribution in [-0.4, -0.2) is 57.6 Å². The number of amides is 1. The van der Waals surface area contributed by atoms with Gasteiger partial charge in [0.25, 0.3) is 0 Å². The fourth-order valence-electron chi connectivity index (χ4n) is 2.38. The van der Waals surface area contributed by atoms with E-state index in [9.17, 15) is 4.79 Å². The lowest BCUT2D eigenvalue weighted by Gasteiger charge is -2.32. The summed E-state index contributed by atoms with van der Waals surface area (Å²) < 4.78 is 15.9. The number of carbonyl (C=O) groups excluding carboxylic acids is 1. The average molecular weight is 286 g/mol. The van der Waals surface area contributed by atoms with Gasteiger partial charge in [-0.25, -0.2) is 0 Å². The Morgan fingerprint density at radius 2 is 1.80 bits per heavy atom. The molecule has 2 aliphatic carbocycles. The van der Waals surface area contributed by atoms with Gasteiger partial charge in [0.05, 0.1) is 33.0 Å². The van der Waals surface area contributed by atoms with Crippen LogP contribution >= 0.6 is 0 Å². The summed E-state index contributed by atoms with van der Waals surface area (Å²) in [6, 6.07) is 0.435. The topological polar surface area (TPSA) is 82.8 Å². The Bertz CT molecular complexity index is 318. The molecule has 116 valence electrons. The molecule has 0 aromatic heterocycles. The second kappa shape index (κ2) is 7.36. The molecule has 0 spiro atoms. The predicted molar refractivity (Wildman–Crippen MR) is 74.3 cm³/mol. The molecule has 0 aliphatic heterocycles. The molecule has 6 heteroatoms. The molecule has 6 nitrogen and oxygen atoms in total. The first-order valence-corrected chi connectivity index (χ1v) is 7.41. The minimum absolute atomic E-state index is 0.285. The van der Waals surface area contributed by atoms with Crippen LogP contribution < -0.4 is 11.1 Å². The van der Waals surface area contributed by atoms with Gasteiger partial charge in [-0.15, -0.1) is 0 Å². The zero-order valence-electron chi connectivity index (χ0n) is 12.2. The molecule has 0 radical (unpaired) electrons. The minimum atomic E-state index is -0.673. The van der Waals surface area contributed by atoms with Crippen LogP contribution in [0.1, 0.15) is 25.7 Å². The van der Waals surface area contributed by atoms with Crippen LogP contribution in [-0.2, 0) is 19.0 Å². The van der Waals surface area contributed by atoms with Crippen molar-refractivity contribution in [3.63, 3.8) is 0 Å². The lowest BCUT2D eigenvalue weighted by atomic mass is 9.93. The molecule has 2 rings (SSSR count). The van der Waals surface area contributed by atoms with E-state index in [1.807, 2.05) is 0 Å². The number of nitrogens with two attached hydrogens (primary N) is 1. The number of carbonyl (C=O) groups is 1. The maximum Gasteiger partial charge on any atom is 0.240 e. The standard InChI is InChI=1S/C14H26N2O4/c1-18-6-7-19-8-9-20-10-14(13(15)17,11-2-3-11)16-12-4-5-12/h11-12,16H,2-10H2,1H3,(H2,15,17). The van der Waals surface area contributed by atoms with Gasteiger partial charge in [-0.05, 0) is 31.6 Å². The van der Waals surface area contributed by atoms with E-state index in [2.05, 4.69) is 5.32 Å². The second-order valence-electron chi connectivity index (χ2n) is 5.69. The Balaban J connectivity index is 1.71. The first-order valence-electron chi connectivity index (χ1n) is 7.41. The van der Waals surface area contributed by atoms with Crippen LogP contribution in [0.3, 0.4) is 0 Å². The smallest absolute Gasteiger partial charge is 0.240 e. The van der Waals surface area contributed by atoms with E-state index >= 15 is 0 Å². The molecule has 1 amide bonds. The Morgan fingerprint density at radius 1 is 1.15 bits per heavy atom. The van der Waals surface area contributed by atoms with E-state index in [4.69, 9.17) is 19.9 Å². The van der Waals surface area contributed by atoms with Crippen LogP contribution in [0, 0.1) is 5.92 Å². The van der Waals surface area contributed by atoms with Gasteiger partial charge in [-0.1, -0.05) is 0 Å². The molecule has 0 bridgehead atoms. The number of rotatable bonds is 12. The average Bonchev–Trinajstić information content (AvgIpc) is 3.27. The number of methoxy groups -OCH3 is 1. The molecule has 3 N–H and O–H groups in total. The third kappa shape index (κ3) is 4.41. The minimum Gasteiger partial charge on any atom is -0.382 e. The SMILES string of the molecule is COCCOCCOCC(NC1CC1)(C(N)=O)C1CC1. The highest BCUT2D eigenvalue weighted by atomic mass is 16.5. The Labute approximate surface area is 120 Å². The van der Waals surface area contributed by atoms with Crippen LogP contribution in [0.15, 0.2) is 0 Å². The van der Waals surface area contributed by atoms with Gasteiger partial charge >= 0.3 is 0 Å². The van der Waals surface area contributed by atoms with Gasteiger partial charge in [0.15, 0.2) is 0 Å². The van der Waals surface area contributed by atoms with Crippen molar-refractivity contribution in [1.29, 1.82) is 0 Å². The molecule has 0 heterocycles. The normalized spacial score (nSPS) is 21.6. The van der Waals surface area contributed by atoms with Crippen molar-refractivity contribution in [2.75, 3.05) is 40.1 Å². The van der Waals surface area contributed by atoms with E-state index in [0.29, 0.717) is 45.0 Å². The number of primary amides is 1. The third-order valence-corrected chi connectivity index (χ3v) is 3.89. The van der Waals surface area contributed by atoms with Crippen LogP contribution in [0.5, 0.6) is 0 Å². The number of hydrogen-bond donors (Lipinski definition) is 2. The van der Waals surface area contributed by atoms with Gasteiger partial charge < -0.3 is 19.9 Å². The molecule has 20 heavy (non-hydrogen) atoms. The molecule has 0 aromatic carbocycles. The fourth-order valence-corrected chi connectivity index (χ4v) is 2.38. The van der Waals surface area contributed by atoms with Crippen LogP contribution in [0.2, 0.25) is 0 Å². The Hall–Kier alpha value is -0.690. The van der Waals surface area contributed by atoms with Crippen molar-refractivity contribution in [2.24, 2.45) is 11.7 Å². The quantitative estimate of drug-likeness (QED) is 0.495. The highest BCUT2D eigenvalue weighted by Gasteiger charge is 2.52. The summed E-state index contributed by atoms with van der Waals surface area (Å²) in [5.41, 5.74) is 4.97. The molecule has 0 saturated heterocycles. The molecule has 2 fully saturated rings. The summed E-state index contributed by atoms with van der Waals surface area (Å²) in [5.74, 6) is 0.0437. The Morgan fingerprint density at radius 3 is 2.35 bits per heavy atom. The number of hydrogen-bond acceptors (Lipinski definition) is 5. The number of ether oxygens (including phenoxy) is 3. The van der Waals surface area contributed by atoms with Crippen LogP contribution in [0.4, 0.5) is 0 Å². The van der Waals surface area contributed by atoms with Gasteiger partial charge in [0, 0.05) is 13.2 Å². The Kier molecular flexibility index (Phi) is 5.77. The molecular formula is C14H26N2O4. The summed E-state index contributed by atoms with van der Waals surface area (Å²) in [6.07, 6.45) is 4.36. The molecule has 0 aromatic rings. The summed E-state index contributed by atoms with van der Waals surface area (Å²) in [5, 5.41) is 3.42. The molecule has 1 unspecified atom stereocenters. The first-order chi connectivity index (χ1) is 9.69. The first kappa shape index (κ1) is 15.7. The fraction of sp³-hybridized carbons (Fsp3) is 0.929. The van der Waals surface area contributed by atoms with E-state index in [1.165, 1.54) is 0 Å². The highest BCUT2D eigenvalue weighted by Crippen LogP contribution is 2.41. The summed E-state index contributed by atoms with van der Waals surface area (Å²) in [7, 11) is 1.64. The second-order valence-corrected chi connectivity index (χ2v) is 5.69. The highest BCUT2D eigenvalue weighted by molar-refractivity contribution is 5.86. The largest absolute Gasteiger partial charge is 0.382 e. The van der Waals surface area contributed by atoms with E-state index in [1.54, 1.807) is 7.11 Å². The van der Waals surface area contributed by atoms with E-state index < -0.39 is 5.54 Å². The van der Waals surface area contributed by atoms with Gasteiger partial charge in [0.1, 0.15) is 5.54 Å². The maximum absolute atomic E-state index is 11.9. The summed E-state index contributed by atoms with van der Waals surface area (Å²) in [4.78, 5) is 11.9. The van der Waals surface area contributed by atoms with Gasteiger partial charge in [-0.3, -0.25) is 10.1 Å². The zero-order valence-corrected chi connectivity index (χ0v) is 12.2. The lowest BCUT2D eigenvalue weighted by Crippen LogP contribution is -2.61. The molecule has 2 aliphatic rings. The van der Waals surface area contributed by atoms with Gasteiger partial charge in [0.2, 0.25) is 5.91 Å². The molecule has 1 atom stereocenters. The van der Waals surface area contributed by atoms with Crippen molar-refractivity contribution in [3.8, 4) is 0 Å². The lowest BCUT2D eigenvalue weighted by molar-refractivity contribution is -0.129. The molecular weight excluding hydrogens is 260 g/mol. The van der Waals surface area contributed by atoms with E-state index in [0.717, 1.165) is 25.7 Å². The van der Waals surface area contributed by atoms with Crippen molar-refractivity contribution < 1.29 is 19.0 Å². The third-order valence-electron chi connectivity index (χ3n) is 3.89. The van der Waals surface area contributed by atoms with Crippen molar-refractivity contribution in [2.45, 2.75) is 37.3 Å². The molecule has 2 saturated carbocycles. The summed E-state index contributed by atoms with van der Waals surface area (Å²) >= 11 is 0.